The first-order valence-electron chi connectivity index (χ1n) is 7.32. The number of rotatable bonds is 1. The van der Waals surface area contributed by atoms with E-state index in [2.05, 4.69) is 29.2 Å². The molecule has 0 spiro atoms. The third-order valence-corrected chi connectivity index (χ3v) is 4.57. The highest BCUT2D eigenvalue weighted by molar-refractivity contribution is 5.28. The highest BCUT2D eigenvalue weighted by Gasteiger charge is 2.26. The van der Waals surface area contributed by atoms with Gasteiger partial charge in [-0.3, -0.25) is 4.90 Å². The normalized spacial score (nSPS) is 29.6. The van der Waals surface area contributed by atoms with Crippen LogP contribution in [-0.4, -0.2) is 28.7 Å². The van der Waals surface area contributed by atoms with E-state index in [0.29, 0.717) is 6.04 Å². The Morgan fingerprint density at radius 1 is 1.00 bits per heavy atom. The highest BCUT2D eigenvalue weighted by atomic mass is 16.3. The van der Waals surface area contributed by atoms with Crippen molar-refractivity contribution >= 4 is 0 Å². The second-order valence-corrected chi connectivity index (χ2v) is 5.81. The third-order valence-electron chi connectivity index (χ3n) is 4.57. The maximum Gasteiger partial charge on any atom is 0.0541 e. The summed E-state index contributed by atoms with van der Waals surface area (Å²) in [4.78, 5) is 2.65. The topological polar surface area (TPSA) is 23.5 Å². The molecule has 98 valence electrons. The zero-order valence-electron chi connectivity index (χ0n) is 11.0. The lowest BCUT2D eigenvalue weighted by Crippen LogP contribution is -2.38. The van der Waals surface area contributed by atoms with E-state index in [4.69, 9.17) is 0 Å². The van der Waals surface area contributed by atoms with E-state index in [0.717, 1.165) is 19.4 Å². The molecule has 1 N–H and O–H groups in total. The van der Waals surface area contributed by atoms with Gasteiger partial charge in [0.05, 0.1) is 6.10 Å². The average molecular weight is 245 g/mol. The first kappa shape index (κ1) is 12.2. The highest BCUT2D eigenvalue weighted by Crippen LogP contribution is 2.27. The molecule has 0 saturated heterocycles. The molecular formula is C16H23NO. The van der Waals surface area contributed by atoms with Crippen molar-refractivity contribution in [3.63, 3.8) is 0 Å². The molecule has 1 fully saturated rings. The van der Waals surface area contributed by atoms with E-state index in [9.17, 15) is 5.11 Å². The van der Waals surface area contributed by atoms with Crippen LogP contribution in [0.3, 0.4) is 0 Å². The van der Waals surface area contributed by atoms with Crippen LogP contribution in [0.5, 0.6) is 0 Å². The quantitative estimate of drug-likeness (QED) is 0.822. The molecule has 0 bridgehead atoms. The molecule has 0 unspecified atom stereocenters. The summed E-state index contributed by atoms with van der Waals surface area (Å²) in [5.41, 5.74) is 3.05. The first-order chi connectivity index (χ1) is 8.83. The van der Waals surface area contributed by atoms with Crippen molar-refractivity contribution in [1.29, 1.82) is 0 Å². The van der Waals surface area contributed by atoms with Crippen LogP contribution in [0.2, 0.25) is 0 Å². The standard InChI is InChI=1S/C16H23NO/c18-16-9-7-15(8-10-16)17-11-3-6-13-4-1-2-5-14(13)12-17/h1-2,4-5,15-16,18H,3,6-12H2. The number of aryl methyl sites for hydroxylation is 1. The summed E-state index contributed by atoms with van der Waals surface area (Å²) in [6.45, 7) is 2.33. The zero-order chi connectivity index (χ0) is 12.4. The molecule has 1 aromatic rings. The minimum atomic E-state index is -0.0412. The van der Waals surface area contributed by atoms with Gasteiger partial charge in [0.2, 0.25) is 0 Å². The fourth-order valence-electron chi connectivity index (χ4n) is 3.46. The van der Waals surface area contributed by atoms with E-state index in [1.165, 1.54) is 43.4 Å². The molecule has 1 aliphatic heterocycles. The molecule has 0 atom stereocenters. The van der Waals surface area contributed by atoms with Gasteiger partial charge in [-0.1, -0.05) is 24.3 Å². The molecule has 18 heavy (non-hydrogen) atoms. The minimum absolute atomic E-state index is 0.0412. The number of aliphatic hydroxyl groups is 1. The van der Waals surface area contributed by atoms with Gasteiger partial charge in [0.15, 0.2) is 0 Å². The lowest BCUT2D eigenvalue weighted by molar-refractivity contribution is 0.0709. The molecule has 1 heterocycles. The Morgan fingerprint density at radius 3 is 2.50 bits per heavy atom. The Labute approximate surface area is 110 Å². The Balaban J connectivity index is 1.71. The predicted octanol–water partition coefficient (Wildman–Crippen LogP) is 2.74. The molecular weight excluding hydrogens is 222 g/mol. The molecule has 1 aromatic carbocycles. The Morgan fingerprint density at radius 2 is 1.72 bits per heavy atom. The molecule has 2 aliphatic rings. The van der Waals surface area contributed by atoms with Gasteiger partial charge in [0.25, 0.3) is 0 Å². The monoisotopic (exact) mass is 245 g/mol. The van der Waals surface area contributed by atoms with E-state index < -0.39 is 0 Å². The third kappa shape index (κ3) is 2.60. The summed E-state index contributed by atoms with van der Waals surface area (Å²) >= 11 is 0. The van der Waals surface area contributed by atoms with Gasteiger partial charge in [-0.05, 0) is 56.2 Å². The summed E-state index contributed by atoms with van der Waals surface area (Å²) in [5, 5.41) is 9.62. The summed E-state index contributed by atoms with van der Waals surface area (Å²) in [5.74, 6) is 0. The van der Waals surface area contributed by atoms with Gasteiger partial charge >= 0.3 is 0 Å². The smallest absolute Gasteiger partial charge is 0.0541 e. The maximum atomic E-state index is 9.62. The number of aliphatic hydroxyl groups excluding tert-OH is 1. The summed E-state index contributed by atoms with van der Waals surface area (Å²) in [7, 11) is 0. The SMILES string of the molecule is OC1CCC(N2CCCc3ccccc3C2)CC1. The van der Waals surface area contributed by atoms with Crippen LogP contribution in [-0.2, 0) is 13.0 Å². The van der Waals surface area contributed by atoms with Gasteiger partial charge in [-0.25, -0.2) is 0 Å². The van der Waals surface area contributed by atoms with Crippen molar-refractivity contribution in [1.82, 2.24) is 4.90 Å². The number of benzene rings is 1. The van der Waals surface area contributed by atoms with Gasteiger partial charge in [-0.2, -0.15) is 0 Å². The van der Waals surface area contributed by atoms with E-state index in [1.807, 2.05) is 0 Å². The van der Waals surface area contributed by atoms with Gasteiger partial charge < -0.3 is 5.11 Å². The predicted molar refractivity (Wildman–Crippen MR) is 73.4 cm³/mol. The molecule has 0 radical (unpaired) electrons. The molecule has 0 aromatic heterocycles. The lowest BCUT2D eigenvalue weighted by atomic mass is 9.91. The van der Waals surface area contributed by atoms with Crippen LogP contribution < -0.4 is 0 Å². The van der Waals surface area contributed by atoms with Crippen molar-refractivity contribution in [3.8, 4) is 0 Å². The first-order valence-corrected chi connectivity index (χ1v) is 7.32. The second-order valence-electron chi connectivity index (χ2n) is 5.81. The van der Waals surface area contributed by atoms with Gasteiger partial charge in [0.1, 0.15) is 0 Å². The Bertz CT molecular complexity index is 396. The zero-order valence-corrected chi connectivity index (χ0v) is 11.0. The average Bonchev–Trinajstić information content (AvgIpc) is 2.61. The van der Waals surface area contributed by atoms with Crippen molar-refractivity contribution in [2.45, 2.75) is 57.2 Å². The van der Waals surface area contributed by atoms with Crippen LogP contribution in [0, 0.1) is 0 Å². The molecule has 1 saturated carbocycles. The molecule has 0 amide bonds. The Kier molecular flexibility index (Phi) is 3.67. The number of hydrogen-bond donors (Lipinski definition) is 1. The fourth-order valence-corrected chi connectivity index (χ4v) is 3.46. The van der Waals surface area contributed by atoms with Crippen LogP contribution >= 0.6 is 0 Å². The van der Waals surface area contributed by atoms with Crippen LogP contribution in [0.4, 0.5) is 0 Å². The summed E-state index contributed by atoms with van der Waals surface area (Å²) < 4.78 is 0. The van der Waals surface area contributed by atoms with Crippen molar-refractivity contribution in [3.05, 3.63) is 35.4 Å². The van der Waals surface area contributed by atoms with Gasteiger partial charge in [-0.15, -0.1) is 0 Å². The van der Waals surface area contributed by atoms with E-state index in [1.54, 1.807) is 0 Å². The van der Waals surface area contributed by atoms with Crippen LogP contribution in [0.15, 0.2) is 24.3 Å². The molecule has 1 aliphatic carbocycles. The fraction of sp³-hybridized carbons (Fsp3) is 0.625. The lowest BCUT2D eigenvalue weighted by Gasteiger charge is -2.35. The van der Waals surface area contributed by atoms with Crippen molar-refractivity contribution in [2.75, 3.05) is 6.54 Å². The summed E-state index contributed by atoms with van der Waals surface area (Å²) in [6, 6.07) is 9.58. The maximum absolute atomic E-state index is 9.62. The Hall–Kier alpha value is -0.860. The molecule has 2 nitrogen and oxygen atoms in total. The largest absolute Gasteiger partial charge is 0.393 e. The number of hydrogen-bond acceptors (Lipinski definition) is 2. The van der Waals surface area contributed by atoms with Crippen LogP contribution in [0.25, 0.3) is 0 Å². The second kappa shape index (κ2) is 5.41. The number of fused-ring (bicyclic) bond motifs is 1. The number of nitrogens with zero attached hydrogens (tertiary/aromatic N) is 1. The van der Waals surface area contributed by atoms with Crippen molar-refractivity contribution < 1.29 is 5.11 Å². The van der Waals surface area contributed by atoms with Crippen LogP contribution in [0.1, 0.15) is 43.2 Å². The van der Waals surface area contributed by atoms with E-state index >= 15 is 0 Å². The summed E-state index contributed by atoms with van der Waals surface area (Å²) in [6.07, 6.45) is 6.77. The van der Waals surface area contributed by atoms with Gasteiger partial charge in [0, 0.05) is 12.6 Å². The molecule has 3 rings (SSSR count). The molecule has 2 heteroatoms. The van der Waals surface area contributed by atoms with Crippen molar-refractivity contribution in [2.24, 2.45) is 0 Å². The minimum Gasteiger partial charge on any atom is -0.393 e. The van der Waals surface area contributed by atoms with E-state index in [-0.39, 0.29) is 6.10 Å².